The Morgan fingerprint density at radius 1 is 1.30 bits per heavy atom. The molecule has 0 aliphatic rings. The van der Waals surface area contributed by atoms with Gasteiger partial charge in [0, 0.05) is 15.4 Å². The quantitative estimate of drug-likeness (QED) is 0.682. The monoisotopic (exact) mass is 396 g/mol. The minimum atomic E-state index is -0.491. The summed E-state index contributed by atoms with van der Waals surface area (Å²) in [4.78, 5) is 38.5. The van der Waals surface area contributed by atoms with Crippen LogP contribution in [0.2, 0.25) is 0 Å². The maximum absolute atomic E-state index is 11.9. The van der Waals surface area contributed by atoms with Crippen LogP contribution >= 0.6 is 27.3 Å². The van der Waals surface area contributed by atoms with E-state index in [0.29, 0.717) is 16.4 Å². The Bertz CT molecular complexity index is 747. The van der Waals surface area contributed by atoms with Crippen molar-refractivity contribution in [1.29, 1.82) is 0 Å². The molecule has 3 amide bonds. The number of nitrogens with zero attached hydrogens (tertiary/aromatic N) is 1. The molecular weight excluding hydrogens is 384 g/mol. The maximum Gasteiger partial charge on any atom is 0.251 e. The number of carbonyl (C=O) groups is 3. The van der Waals surface area contributed by atoms with Crippen molar-refractivity contribution in [1.82, 2.24) is 10.3 Å². The molecule has 0 unspecified atom stereocenters. The van der Waals surface area contributed by atoms with E-state index >= 15 is 0 Å². The standard InChI is InChI=1S/C14H13BrN4O3S/c15-9-3-1-2-8(4-9)13(22)17-6-12(21)19-14-18-10(7-23-14)5-11(16)20/h1-4,7H,5-6H2,(H2,16,20)(H,17,22)(H,18,19,21). The third-order valence-electron chi connectivity index (χ3n) is 2.65. The fourth-order valence-electron chi connectivity index (χ4n) is 1.68. The van der Waals surface area contributed by atoms with Crippen molar-refractivity contribution in [3.05, 3.63) is 45.4 Å². The Kier molecular flexibility index (Phi) is 5.83. The van der Waals surface area contributed by atoms with Gasteiger partial charge in [-0.05, 0) is 18.2 Å². The molecule has 120 valence electrons. The van der Waals surface area contributed by atoms with Crippen LogP contribution in [-0.2, 0) is 16.0 Å². The summed E-state index contributed by atoms with van der Waals surface area (Å²) in [7, 11) is 0. The summed E-state index contributed by atoms with van der Waals surface area (Å²) in [6, 6.07) is 6.84. The van der Waals surface area contributed by atoms with Gasteiger partial charge in [-0.3, -0.25) is 14.4 Å². The molecule has 0 fully saturated rings. The van der Waals surface area contributed by atoms with E-state index < -0.39 is 11.8 Å². The lowest BCUT2D eigenvalue weighted by Crippen LogP contribution is -2.32. The molecule has 0 atom stereocenters. The summed E-state index contributed by atoms with van der Waals surface area (Å²) in [5, 5.41) is 7.05. The van der Waals surface area contributed by atoms with Gasteiger partial charge in [-0.1, -0.05) is 22.0 Å². The minimum Gasteiger partial charge on any atom is -0.369 e. The smallest absolute Gasteiger partial charge is 0.251 e. The number of aromatic nitrogens is 1. The minimum absolute atomic E-state index is 0.0198. The topological polar surface area (TPSA) is 114 Å². The lowest BCUT2D eigenvalue weighted by molar-refractivity contribution is -0.117. The lowest BCUT2D eigenvalue weighted by Gasteiger charge is -2.05. The van der Waals surface area contributed by atoms with Gasteiger partial charge in [0.1, 0.15) is 0 Å². The predicted octanol–water partition coefficient (Wildman–Crippen LogP) is 1.30. The highest BCUT2D eigenvalue weighted by atomic mass is 79.9. The second-order valence-electron chi connectivity index (χ2n) is 4.53. The highest BCUT2D eigenvalue weighted by Crippen LogP contribution is 2.15. The van der Waals surface area contributed by atoms with Crippen molar-refractivity contribution < 1.29 is 14.4 Å². The molecule has 1 aromatic heterocycles. The lowest BCUT2D eigenvalue weighted by atomic mass is 10.2. The van der Waals surface area contributed by atoms with Crippen LogP contribution in [0, 0.1) is 0 Å². The molecule has 7 nitrogen and oxygen atoms in total. The number of anilines is 1. The predicted molar refractivity (Wildman–Crippen MR) is 90.1 cm³/mol. The fourth-order valence-corrected chi connectivity index (χ4v) is 2.81. The molecular formula is C14H13BrN4O3S. The average molecular weight is 397 g/mol. The number of benzene rings is 1. The van der Waals surface area contributed by atoms with Gasteiger partial charge < -0.3 is 16.4 Å². The Hall–Kier alpha value is -2.26. The molecule has 0 aliphatic carbocycles. The van der Waals surface area contributed by atoms with Crippen LogP contribution in [0.25, 0.3) is 0 Å². The Morgan fingerprint density at radius 3 is 2.78 bits per heavy atom. The van der Waals surface area contributed by atoms with Crippen LogP contribution in [0.3, 0.4) is 0 Å². The molecule has 0 bridgehead atoms. The molecule has 2 rings (SSSR count). The number of nitrogens with two attached hydrogens (primary N) is 1. The number of primary amides is 1. The van der Waals surface area contributed by atoms with Gasteiger partial charge in [0.15, 0.2) is 5.13 Å². The van der Waals surface area contributed by atoms with Crippen LogP contribution in [0.1, 0.15) is 16.1 Å². The fraction of sp³-hybridized carbons (Fsp3) is 0.143. The first-order valence-corrected chi connectivity index (χ1v) is 8.17. The molecule has 0 aliphatic heterocycles. The zero-order valence-electron chi connectivity index (χ0n) is 11.8. The van der Waals surface area contributed by atoms with E-state index in [9.17, 15) is 14.4 Å². The van der Waals surface area contributed by atoms with Crippen LogP contribution < -0.4 is 16.4 Å². The van der Waals surface area contributed by atoms with E-state index in [0.717, 1.165) is 4.47 Å². The average Bonchev–Trinajstić information content (AvgIpc) is 2.91. The number of hydrogen-bond donors (Lipinski definition) is 3. The number of carbonyl (C=O) groups excluding carboxylic acids is 3. The number of amides is 3. The van der Waals surface area contributed by atoms with Crippen LogP contribution in [0.5, 0.6) is 0 Å². The molecule has 1 aromatic carbocycles. The van der Waals surface area contributed by atoms with Crippen molar-refractivity contribution in [3.8, 4) is 0 Å². The summed E-state index contributed by atoms with van der Waals surface area (Å²) in [6.07, 6.45) is 0.0198. The number of halogens is 1. The summed E-state index contributed by atoms with van der Waals surface area (Å²) >= 11 is 4.46. The van der Waals surface area contributed by atoms with Crippen LogP contribution in [-0.4, -0.2) is 29.3 Å². The zero-order chi connectivity index (χ0) is 16.8. The number of thiazole rings is 1. The molecule has 4 N–H and O–H groups in total. The molecule has 0 radical (unpaired) electrons. The van der Waals surface area contributed by atoms with Crippen molar-refractivity contribution in [3.63, 3.8) is 0 Å². The van der Waals surface area contributed by atoms with Crippen molar-refractivity contribution >= 4 is 50.1 Å². The number of nitrogens with one attached hydrogen (secondary N) is 2. The largest absolute Gasteiger partial charge is 0.369 e. The number of hydrogen-bond acceptors (Lipinski definition) is 5. The summed E-state index contributed by atoms with van der Waals surface area (Å²) < 4.78 is 0.777. The van der Waals surface area contributed by atoms with E-state index in [1.54, 1.807) is 29.6 Å². The normalized spacial score (nSPS) is 10.1. The molecule has 9 heteroatoms. The molecule has 23 heavy (non-hydrogen) atoms. The Balaban J connectivity index is 1.84. The van der Waals surface area contributed by atoms with Gasteiger partial charge in [-0.15, -0.1) is 11.3 Å². The maximum atomic E-state index is 11.9. The first kappa shape index (κ1) is 17.1. The van der Waals surface area contributed by atoms with E-state index in [1.807, 2.05) is 0 Å². The first-order chi connectivity index (χ1) is 10.9. The highest BCUT2D eigenvalue weighted by Gasteiger charge is 2.11. The van der Waals surface area contributed by atoms with Crippen LogP contribution in [0.15, 0.2) is 34.1 Å². The second-order valence-corrected chi connectivity index (χ2v) is 6.30. The van der Waals surface area contributed by atoms with Crippen molar-refractivity contribution in [2.45, 2.75) is 6.42 Å². The van der Waals surface area contributed by atoms with E-state index in [1.165, 1.54) is 11.3 Å². The molecule has 0 saturated heterocycles. The van der Waals surface area contributed by atoms with Gasteiger partial charge in [-0.25, -0.2) is 4.98 Å². The second kappa shape index (κ2) is 7.84. The molecule has 0 spiro atoms. The third kappa shape index (κ3) is 5.46. The zero-order valence-corrected chi connectivity index (χ0v) is 14.2. The molecule has 1 heterocycles. The summed E-state index contributed by atoms with van der Waals surface area (Å²) in [5.74, 6) is -1.25. The Morgan fingerprint density at radius 2 is 2.09 bits per heavy atom. The number of rotatable bonds is 6. The van der Waals surface area contributed by atoms with E-state index in [4.69, 9.17) is 5.73 Å². The van der Waals surface area contributed by atoms with Gasteiger partial charge in [0.25, 0.3) is 5.91 Å². The summed E-state index contributed by atoms with van der Waals surface area (Å²) in [5.41, 5.74) is 6.01. The molecule has 2 aromatic rings. The van der Waals surface area contributed by atoms with Crippen molar-refractivity contribution in [2.75, 3.05) is 11.9 Å². The van der Waals surface area contributed by atoms with Crippen molar-refractivity contribution in [2.24, 2.45) is 5.73 Å². The SMILES string of the molecule is NC(=O)Cc1csc(NC(=O)CNC(=O)c2cccc(Br)c2)n1. The van der Waals surface area contributed by atoms with Gasteiger partial charge in [0.05, 0.1) is 18.7 Å². The van der Waals surface area contributed by atoms with Gasteiger partial charge >= 0.3 is 0 Å². The molecule has 0 saturated carbocycles. The van der Waals surface area contributed by atoms with E-state index in [2.05, 4.69) is 31.5 Å². The third-order valence-corrected chi connectivity index (χ3v) is 3.95. The highest BCUT2D eigenvalue weighted by molar-refractivity contribution is 9.10. The van der Waals surface area contributed by atoms with Gasteiger partial charge in [0.2, 0.25) is 11.8 Å². The van der Waals surface area contributed by atoms with Crippen LogP contribution in [0.4, 0.5) is 5.13 Å². The Labute approximate surface area is 144 Å². The first-order valence-electron chi connectivity index (χ1n) is 6.50. The van der Waals surface area contributed by atoms with Gasteiger partial charge in [-0.2, -0.15) is 0 Å². The van der Waals surface area contributed by atoms with E-state index in [-0.39, 0.29) is 18.9 Å². The summed E-state index contributed by atoms with van der Waals surface area (Å²) in [6.45, 7) is -0.184.